The zero-order valence-electron chi connectivity index (χ0n) is 40.2. The first-order chi connectivity index (χ1) is 36.7. The maximum atomic E-state index is 6.60. The molecule has 0 radical (unpaired) electrons. The summed E-state index contributed by atoms with van der Waals surface area (Å²) in [6.45, 7) is 0. The van der Waals surface area contributed by atoms with E-state index in [2.05, 4.69) is 194 Å². The Bertz CT molecular complexity index is 4110. The van der Waals surface area contributed by atoms with Gasteiger partial charge in [0.25, 0.3) is 0 Å². The molecule has 0 saturated carbocycles. The fourth-order valence-electron chi connectivity index (χ4n) is 11.1. The number of rotatable bonds is 9. The van der Waals surface area contributed by atoms with Gasteiger partial charge in [0.2, 0.25) is 0 Å². The summed E-state index contributed by atoms with van der Waals surface area (Å²) in [7, 11) is 0. The Morgan fingerprint density at radius 3 is 1.30 bits per heavy atom. The number of aromatic nitrogens is 3. The molecule has 0 N–H and O–H groups in total. The van der Waals surface area contributed by atoms with Crippen LogP contribution in [0.25, 0.3) is 123 Å². The zero-order chi connectivity index (χ0) is 49.0. The summed E-state index contributed by atoms with van der Waals surface area (Å²) in [5.41, 5.74) is 22.5. The smallest absolute Gasteiger partial charge is 0.164 e. The number of hydrogen-bond donors (Lipinski definition) is 0. The van der Waals surface area contributed by atoms with Crippen molar-refractivity contribution in [3.8, 4) is 101 Å². The summed E-state index contributed by atoms with van der Waals surface area (Å²) >= 11 is 0. The summed E-state index contributed by atoms with van der Waals surface area (Å²) in [4.78, 5) is 15.2. The van der Waals surface area contributed by atoms with Crippen LogP contribution < -0.4 is 0 Å². The molecule has 0 amide bonds. The van der Waals surface area contributed by atoms with Gasteiger partial charge in [-0.15, -0.1) is 0 Å². The van der Waals surface area contributed by atoms with E-state index in [1.807, 2.05) is 72.8 Å². The molecular weight excluding hydrogens is 899 g/mol. The predicted molar refractivity (Wildman–Crippen MR) is 303 cm³/mol. The van der Waals surface area contributed by atoms with E-state index in [0.717, 1.165) is 49.8 Å². The van der Waals surface area contributed by atoms with Crippen LogP contribution in [0.2, 0.25) is 0 Å². The fraction of sp³-hybridized carbons (Fsp3) is 0.0143. The van der Waals surface area contributed by atoms with Crippen LogP contribution in [0.1, 0.15) is 22.6 Å². The molecule has 11 aromatic carbocycles. The minimum Gasteiger partial charge on any atom is -0.456 e. The third kappa shape index (κ3) is 7.69. The SMILES string of the molecule is c1ccc(-c2cc(-c3ccccc3)cc(-c3ccccc3-c3ccc4c(c3)-c3cc(-c5ccc6oc7cccc(-c8nc(-c9ccccc9)nc(-c9ccccc9)n8)c7c6c5)ccc3C4c3ccccc3)c2)cc1. The molecule has 0 bridgehead atoms. The summed E-state index contributed by atoms with van der Waals surface area (Å²) in [5, 5.41) is 1.97. The van der Waals surface area contributed by atoms with Crippen molar-refractivity contribution < 1.29 is 4.42 Å². The number of hydrogen-bond acceptors (Lipinski definition) is 4. The Morgan fingerprint density at radius 1 is 0.257 bits per heavy atom. The molecule has 346 valence electrons. The lowest BCUT2D eigenvalue weighted by molar-refractivity contribution is 0.669. The molecule has 2 heterocycles. The van der Waals surface area contributed by atoms with Gasteiger partial charge in [-0.2, -0.15) is 0 Å². The lowest BCUT2D eigenvalue weighted by Gasteiger charge is -2.16. The van der Waals surface area contributed by atoms with E-state index >= 15 is 0 Å². The Kier molecular flexibility index (Phi) is 10.5. The maximum absolute atomic E-state index is 6.60. The Balaban J connectivity index is 0.902. The zero-order valence-corrected chi connectivity index (χ0v) is 40.2. The third-order valence-corrected chi connectivity index (χ3v) is 14.6. The van der Waals surface area contributed by atoms with Gasteiger partial charge in [0.15, 0.2) is 17.5 Å². The highest BCUT2D eigenvalue weighted by molar-refractivity contribution is 6.13. The van der Waals surface area contributed by atoms with Gasteiger partial charge in [-0.3, -0.25) is 0 Å². The molecule has 4 nitrogen and oxygen atoms in total. The van der Waals surface area contributed by atoms with Gasteiger partial charge < -0.3 is 4.42 Å². The van der Waals surface area contributed by atoms with Gasteiger partial charge in [0, 0.05) is 33.4 Å². The van der Waals surface area contributed by atoms with Gasteiger partial charge in [0.05, 0.1) is 0 Å². The second kappa shape index (κ2) is 18.1. The third-order valence-electron chi connectivity index (χ3n) is 14.6. The van der Waals surface area contributed by atoms with E-state index in [0.29, 0.717) is 17.5 Å². The second-order valence-electron chi connectivity index (χ2n) is 19.1. The average molecular weight is 944 g/mol. The predicted octanol–water partition coefficient (Wildman–Crippen LogP) is 18.3. The van der Waals surface area contributed by atoms with E-state index in [-0.39, 0.29) is 5.92 Å². The molecule has 1 aliphatic carbocycles. The van der Waals surface area contributed by atoms with Gasteiger partial charge in [0.1, 0.15) is 11.2 Å². The minimum atomic E-state index is 0.0975. The van der Waals surface area contributed by atoms with E-state index in [1.54, 1.807) is 0 Å². The molecule has 1 atom stereocenters. The van der Waals surface area contributed by atoms with Crippen LogP contribution in [0.15, 0.2) is 271 Å². The molecule has 13 aromatic rings. The average Bonchev–Trinajstić information content (AvgIpc) is 4.03. The van der Waals surface area contributed by atoms with Crippen LogP contribution in [0.4, 0.5) is 0 Å². The highest BCUT2D eigenvalue weighted by Gasteiger charge is 2.31. The first-order valence-electron chi connectivity index (χ1n) is 25.2. The first-order valence-corrected chi connectivity index (χ1v) is 25.2. The normalized spacial score (nSPS) is 12.7. The van der Waals surface area contributed by atoms with Gasteiger partial charge >= 0.3 is 0 Å². The van der Waals surface area contributed by atoms with Crippen LogP contribution >= 0.6 is 0 Å². The van der Waals surface area contributed by atoms with E-state index in [9.17, 15) is 0 Å². The van der Waals surface area contributed by atoms with Crippen molar-refractivity contribution in [2.75, 3.05) is 0 Å². The molecule has 1 aliphatic rings. The molecular formula is C70H45N3O. The number of fused-ring (bicyclic) bond motifs is 6. The standard InChI is InChI=1S/C70H45N3O/c1-6-19-45(20-7-1)53-39-54(46-21-8-2-9-22-46)41-55(40-53)57-30-17-16-29-56(57)52-34-37-59-62(44-52)61-42-50(33-36-58(61)66(59)47-23-10-3-11-24-47)51-35-38-64-63(43-51)67-60(31-18-32-65(67)74-64)70-72-68(48-25-12-4-13-26-48)71-69(73-70)49-27-14-5-15-28-49/h1-44,66H. The highest BCUT2D eigenvalue weighted by atomic mass is 16.3. The van der Waals surface area contributed by atoms with E-state index < -0.39 is 0 Å². The monoisotopic (exact) mass is 943 g/mol. The van der Waals surface area contributed by atoms with Crippen LogP contribution in [0, 0.1) is 0 Å². The first kappa shape index (κ1) is 43.1. The van der Waals surface area contributed by atoms with Crippen LogP contribution in [0.5, 0.6) is 0 Å². The number of furan rings is 1. The molecule has 0 fully saturated rings. The summed E-state index contributed by atoms with van der Waals surface area (Å²) in [5.74, 6) is 1.93. The lowest BCUT2D eigenvalue weighted by atomic mass is 9.87. The van der Waals surface area contributed by atoms with Crippen molar-refractivity contribution in [2.24, 2.45) is 0 Å². The summed E-state index contributed by atoms with van der Waals surface area (Å²) in [6, 6.07) is 95.3. The van der Waals surface area contributed by atoms with Crippen molar-refractivity contribution in [3.63, 3.8) is 0 Å². The van der Waals surface area contributed by atoms with Crippen molar-refractivity contribution in [1.29, 1.82) is 0 Å². The molecule has 0 spiro atoms. The molecule has 4 heteroatoms. The molecule has 2 aromatic heterocycles. The topological polar surface area (TPSA) is 51.8 Å². The van der Waals surface area contributed by atoms with Gasteiger partial charge in [-0.05, 0) is 132 Å². The van der Waals surface area contributed by atoms with Gasteiger partial charge in [-0.25, -0.2) is 15.0 Å². The number of nitrogens with zero attached hydrogens (tertiary/aromatic N) is 3. The molecule has 1 unspecified atom stereocenters. The second-order valence-corrected chi connectivity index (χ2v) is 19.1. The molecule has 74 heavy (non-hydrogen) atoms. The van der Waals surface area contributed by atoms with Crippen molar-refractivity contribution in [2.45, 2.75) is 5.92 Å². The van der Waals surface area contributed by atoms with Gasteiger partial charge in [-0.1, -0.05) is 218 Å². The Morgan fingerprint density at radius 2 is 0.703 bits per heavy atom. The molecule has 14 rings (SSSR count). The van der Waals surface area contributed by atoms with Crippen LogP contribution in [-0.2, 0) is 0 Å². The van der Waals surface area contributed by atoms with E-state index in [1.165, 1.54) is 72.3 Å². The summed E-state index contributed by atoms with van der Waals surface area (Å²) < 4.78 is 6.60. The quantitative estimate of drug-likeness (QED) is 0.145. The maximum Gasteiger partial charge on any atom is 0.164 e. The lowest BCUT2D eigenvalue weighted by Crippen LogP contribution is -2.00. The minimum absolute atomic E-state index is 0.0975. The van der Waals surface area contributed by atoms with Crippen molar-refractivity contribution in [3.05, 3.63) is 284 Å². The highest BCUT2D eigenvalue weighted by Crippen LogP contribution is 2.51. The summed E-state index contributed by atoms with van der Waals surface area (Å²) in [6.07, 6.45) is 0. The Hall–Kier alpha value is -9.77. The molecule has 0 saturated heterocycles. The molecule has 0 aliphatic heterocycles. The number of benzene rings is 11. The largest absolute Gasteiger partial charge is 0.456 e. The Labute approximate surface area is 429 Å². The van der Waals surface area contributed by atoms with Crippen LogP contribution in [-0.4, -0.2) is 15.0 Å². The van der Waals surface area contributed by atoms with Crippen LogP contribution in [0.3, 0.4) is 0 Å². The van der Waals surface area contributed by atoms with E-state index in [4.69, 9.17) is 19.4 Å². The fourth-order valence-corrected chi connectivity index (χ4v) is 11.1. The van der Waals surface area contributed by atoms with Crippen molar-refractivity contribution >= 4 is 21.9 Å². The van der Waals surface area contributed by atoms with Crippen molar-refractivity contribution in [1.82, 2.24) is 15.0 Å².